The zero-order valence-electron chi connectivity index (χ0n) is 19.4. The molecule has 0 atom stereocenters. The highest BCUT2D eigenvalue weighted by Gasteiger charge is 1.95. The van der Waals surface area contributed by atoms with E-state index in [0.717, 1.165) is 13.2 Å². The van der Waals surface area contributed by atoms with Crippen molar-refractivity contribution in [2.75, 3.05) is 13.2 Å². The standard InChI is InChI=1S/C24H50O.C2H4/c1-3-5-7-9-11-13-15-17-19-21-23-25-24-22-20-18-16-14-12-10-8-6-4-2;1-2/h3-24H2,1-2H3;1-2H2. The van der Waals surface area contributed by atoms with Crippen molar-refractivity contribution in [3.05, 3.63) is 13.2 Å². The Kier molecular flexibility index (Phi) is 32.6. The van der Waals surface area contributed by atoms with Crippen LogP contribution in [0.25, 0.3) is 0 Å². The lowest BCUT2D eigenvalue weighted by Gasteiger charge is -2.05. The van der Waals surface area contributed by atoms with Gasteiger partial charge in [0, 0.05) is 13.2 Å². The first kappa shape index (κ1) is 28.9. The molecule has 0 fully saturated rings. The normalized spacial score (nSPS) is 10.6. The molecule has 1 nitrogen and oxygen atoms in total. The highest BCUT2D eigenvalue weighted by atomic mass is 16.5. The summed E-state index contributed by atoms with van der Waals surface area (Å²) in [6, 6.07) is 0. The SMILES string of the molecule is C=C.CCCCCCCCCCCCOCCCCCCCCCCCC. The molecule has 0 aromatic heterocycles. The average Bonchev–Trinajstić information content (AvgIpc) is 2.70. The molecule has 164 valence electrons. The molecule has 0 aliphatic heterocycles. The second-order valence-corrected chi connectivity index (χ2v) is 7.98. The lowest BCUT2D eigenvalue weighted by molar-refractivity contribution is 0.125. The number of unbranched alkanes of at least 4 members (excludes halogenated alkanes) is 18. The van der Waals surface area contributed by atoms with Crippen LogP contribution in [0.2, 0.25) is 0 Å². The van der Waals surface area contributed by atoms with Gasteiger partial charge in [-0.05, 0) is 12.8 Å². The summed E-state index contributed by atoms with van der Waals surface area (Å²) in [5.41, 5.74) is 0. The summed E-state index contributed by atoms with van der Waals surface area (Å²) < 4.78 is 5.78. The molecule has 0 radical (unpaired) electrons. The zero-order valence-corrected chi connectivity index (χ0v) is 19.4. The molecule has 0 bridgehead atoms. The monoisotopic (exact) mass is 382 g/mol. The molecule has 0 heterocycles. The predicted molar refractivity (Wildman–Crippen MR) is 126 cm³/mol. The van der Waals surface area contributed by atoms with Crippen molar-refractivity contribution >= 4 is 0 Å². The minimum atomic E-state index is 0.994. The van der Waals surface area contributed by atoms with Gasteiger partial charge in [0.25, 0.3) is 0 Å². The molecule has 0 aliphatic carbocycles. The van der Waals surface area contributed by atoms with Crippen LogP contribution in [-0.2, 0) is 4.74 Å². The summed E-state index contributed by atoms with van der Waals surface area (Å²) >= 11 is 0. The van der Waals surface area contributed by atoms with Gasteiger partial charge < -0.3 is 4.74 Å². The maximum absolute atomic E-state index is 5.78. The van der Waals surface area contributed by atoms with Crippen LogP contribution in [0, 0.1) is 0 Å². The van der Waals surface area contributed by atoms with Crippen molar-refractivity contribution in [2.24, 2.45) is 0 Å². The van der Waals surface area contributed by atoms with Gasteiger partial charge in [-0.2, -0.15) is 0 Å². The maximum atomic E-state index is 5.78. The minimum Gasteiger partial charge on any atom is -0.381 e. The Balaban J connectivity index is 0. The van der Waals surface area contributed by atoms with Crippen molar-refractivity contribution in [2.45, 2.75) is 142 Å². The first-order chi connectivity index (χ1) is 13.4. The fraction of sp³-hybridized carbons (Fsp3) is 0.923. The lowest BCUT2D eigenvalue weighted by atomic mass is 10.1. The number of hydrogen-bond acceptors (Lipinski definition) is 1. The molecule has 0 saturated heterocycles. The van der Waals surface area contributed by atoms with E-state index in [2.05, 4.69) is 27.0 Å². The topological polar surface area (TPSA) is 9.23 Å². The van der Waals surface area contributed by atoms with Crippen molar-refractivity contribution < 1.29 is 4.74 Å². The molecule has 0 spiro atoms. The summed E-state index contributed by atoms with van der Waals surface area (Å²) in [6.45, 7) is 12.6. The Bertz CT molecular complexity index is 204. The molecule has 1 heteroatoms. The average molecular weight is 383 g/mol. The highest BCUT2D eigenvalue weighted by Crippen LogP contribution is 2.12. The van der Waals surface area contributed by atoms with E-state index in [0.29, 0.717) is 0 Å². The van der Waals surface area contributed by atoms with Crippen LogP contribution in [0.15, 0.2) is 13.2 Å². The van der Waals surface area contributed by atoms with Crippen LogP contribution in [0.4, 0.5) is 0 Å². The van der Waals surface area contributed by atoms with Crippen LogP contribution in [0.3, 0.4) is 0 Å². The fourth-order valence-corrected chi connectivity index (χ4v) is 3.49. The summed E-state index contributed by atoms with van der Waals surface area (Å²) in [6.07, 6.45) is 28.2. The molecule has 0 unspecified atom stereocenters. The third-order valence-electron chi connectivity index (χ3n) is 5.28. The fourth-order valence-electron chi connectivity index (χ4n) is 3.49. The largest absolute Gasteiger partial charge is 0.381 e. The van der Waals surface area contributed by atoms with Gasteiger partial charge >= 0.3 is 0 Å². The number of rotatable bonds is 22. The Morgan fingerprint density at radius 3 is 0.852 bits per heavy atom. The maximum Gasteiger partial charge on any atom is 0.0466 e. The number of hydrogen-bond donors (Lipinski definition) is 0. The Morgan fingerprint density at radius 1 is 0.370 bits per heavy atom. The van der Waals surface area contributed by atoms with Crippen molar-refractivity contribution in [1.82, 2.24) is 0 Å². The first-order valence-electron chi connectivity index (χ1n) is 12.5. The molecule has 0 aromatic carbocycles. The second kappa shape index (κ2) is 30.4. The second-order valence-electron chi connectivity index (χ2n) is 7.98. The number of ether oxygens (including phenoxy) is 1. The van der Waals surface area contributed by atoms with Crippen molar-refractivity contribution in [1.29, 1.82) is 0 Å². The molecule has 0 amide bonds. The van der Waals surface area contributed by atoms with Crippen LogP contribution < -0.4 is 0 Å². The first-order valence-corrected chi connectivity index (χ1v) is 12.5. The van der Waals surface area contributed by atoms with E-state index in [1.54, 1.807) is 0 Å². The quantitative estimate of drug-likeness (QED) is 0.134. The van der Waals surface area contributed by atoms with Gasteiger partial charge in [-0.15, -0.1) is 13.2 Å². The van der Waals surface area contributed by atoms with E-state index < -0.39 is 0 Å². The molecule has 0 saturated carbocycles. The van der Waals surface area contributed by atoms with Gasteiger partial charge in [-0.1, -0.05) is 129 Å². The van der Waals surface area contributed by atoms with Crippen molar-refractivity contribution in [3.8, 4) is 0 Å². The predicted octanol–water partition coefficient (Wildman–Crippen LogP) is 9.65. The van der Waals surface area contributed by atoms with Gasteiger partial charge in [0.05, 0.1) is 0 Å². The zero-order chi connectivity index (χ0) is 20.3. The third kappa shape index (κ3) is 30.7. The van der Waals surface area contributed by atoms with Crippen LogP contribution in [-0.4, -0.2) is 13.2 Å². The summed E-state index contributed by atoms with van der Waals surface area (Å²) in [4.78, 5) is 0. The van der Waals surface area contributed by atoms with E-state index in [1.807, 2.05) is 0 Å². The lowest BCUT2D eigenvalue weighted by Crippen LogP contribution is -1.97. The van der Waals surface area contributed by atoms with E-state index >= 15 is 0 Å². The Labute approximate surface area is 173 Å². The molecular formula is C26H54O. The summed E-state index contributed by atoms with van der Waals surface area (Å²) in [7, 11) is 0. The van der Waals surface area contributed by atoms with Crippen LogP contribution >= 0.6 is 0 Å². The smallest absolute Gasteiger partial charge is 0.0466 e. The molecule has 0 aromatic rings. The van der Waals surface area contributed by atoms with Crippen molar-refractivity contribution in [3.63, 3.8) is 0 Å². The van der Waals surface area contributed by atoms with E-state index in [1.165, 1.54) is 128 Å². The van der Waals surface area contributed by atoms with E-state index in [4.69, 9.17) is 4.74 Å². The summed E-state index contributed by atoms with van der Waals surface area (Å²) in [5, 5.41) is 0. The van der Waals surface area contributed by atoms with Gasteiger partial charge in [0.2, 0.25) is 0 Å². The van der Waals surface area contributed by atoms with Crippen LogP contribution in [0.1, 0.15) is 142 Å². The van der Waals surface area contributed by atoms with E-state index in [-0.39, 0.29) is 0 Å². The van der Waals surface area contributed by atoms with Gasteiger partial charge in [-0.3, -0.25) is 0 Å². The van der Waals surface area contributed by atoms with Gasteiger partial charge in [0.15, 0.2) is 0 Å². The highest BCUT2D eigenvalue weighted by molar-refractivity contribution is 4.49. The Hall–Kier alpha value is -0.300. The van der Waals surface area contributed by atoms with Gasteiger partial charge in [-0.25, -0.2) is 0 Å². The molecule has 27 heavy (non-hydrogen) atoms. The molecule has 0 rings (SSSR count). The third-order valence-corrected chi connectivity index (χ3v) is 5.28. The minimum absolute atomic E-state index is 0.994. The molecule has 0 N–H and O–H groups in total. The van der Waals surface area contributed by atoms with Crippen LogP contribution in [0.5, 0.6) is 0 Å². The molecule has 0 aliphatic rings. The van der Waals surface area contributed by atoms with Gasteiger partial charge in [0.1, 0.15) is 0 Å². The Morgan fingerprint density at radius 2 is 0.593 bits per heavy atom. The van der Waals surface area contributed by atoms with E-state index in [9.17, 15) is 0 Å². The molecular weight excluding hydrogens is 328 g/mol. The summed E-state index contributed by atoms with van der Waals surface area (Å²) in [5.74, 6) is 0.